The normalized spacial score (nSPS) is 17.3. The first-order valence-corrected chi connectivity index (χ1v) is 11.9. The third-order valence-electron chi connectivity index (χ3n) is 6.80. The van der Waals surface area contributed by atoms with E-state index in [0.717, 1.165) is 33.6 Å². The highest BCUT2D eigenvalue weighted by Crippen LogP contribution is 2.43. The van der Waals surface area contributed by atoms with Crippen molar-refractivity contribution in [3.05, 3.63) is 117 Å². The Hall–Kier alpha value is -3.32. The number of carbonyl (C=O) groups is 1. The summed E-state index contributed by atoms with van der Waals surface area (Å²) in [5.74, 6) is 0. The van der Waals surface area contributed by atoms with E-state index in [0.29, 0.717) is 10.0 Å². The van der Waals surface area contributed by atoms with E-state index >= 15 is 0 Å². The van der Waals surface area contributed by atoms with Gasteiger partial charge in [-0.1, -0.05) is 53.5 Å². The number of amides is 2. The van der Waals surface area contributed by atoms with E-state index in [-0.39, 0.29) is 12.1 Å². The van der Waals surface area contributed by atoms with Crippen LogP contribution in [0.1, 0.15) is 34.0 Å². The molecule has 2 unspecified atom stereocenters. The lowest BCUT2D eigenvalue weighted by molar-refractivity contribution is 0.202. The van der Waals surface area contributed by atoms with Crippen molar-refractivity contribution >= 4 is 34.9 Å². The number of hydrogen-bond donors (Lipinski definition) is 1. The van der Waals surface area contributed by atoms with E-state index in [4.69, 9.17) is 28.9 Å². The summed E-state index contributed by atoms with van der Waals surface area (Å²) in [5, 5.41) is 1.25. The van der Waals surface area contributed by atoms with Crippen molar-refractivity contribution in [2.45, 2.75) is 11.6 Å². The van der Waals surface area contributed by atoms with Gasteiger partial charge in [-0.05, 0) is 53.1 Å². The van der Waals surface area contributed by atoms with Gasteiger partial charge in [0.15, 0.2) is 0 Å². The number of halogens is 2. The van der Waals surface area contributed by atoms with Crippen LogP contribution in [0.4, 0.5) is 10.5 Å². The second kappa shape index (κ2) is 8.72. The Morgan fingerprint density at radius 2 is 1.63 bits per heavy atom. The highest BCUT2D eigenvalue weighted by molar-refractivity contribution is 6.30. The lowest BCUT2D eigenvalue weighted by atomic mass is 9.79. The van der Waals surface area contributed by atoms with Crippen LogP contribution in [0.5, 0.6) is 0 Å². The maximum Gasteiger partial charge on any atom is 0.324 e. The summed E-state index contributed by atoms with van der Waals surface area (Å²) in [6.45, 7) is 0. The number of fused-ring (bicyclic) bond motifs is 1. The number of nitrogens with zero attached hydrogens (tertiary/aromatic N) is 4. The summed E-state index contributed by atoms with van der Waals surface area (Å²) in [6, 6.07) is 20.7. The van der Waals surface area contributed by atoms with Crippen LogP contribution < -0.4 is 10.6 Å². The lowest BCUT2D eigenvalue weighted by Gasteiger charge is -2.41. The smallest absolute Gasteiger partial charge is 0.324 e. The van der Waals surface area contributed by atoms with E-state index in [1.165, 1.54) is 0 Å². The monoisotopic (exact) mass is 505 g/mol. The van der Waals surface area contributed by atoms with Gasteiger partial charge in [-0.2, -0.15) is 0 Å². The number of hydrogen-bond acceptors (Lipinski definition) is 3. The maximum absolute atomic E-state index is 13.1. The van der Waals surface area contributed by atoms with E-state index in [1.807, 2.05) is 72.3 Å². The fourth-order valence-electron chi connectivity index (χ4n) is 4.98. The highest BCUT2D eigenvalue weighted by atomic mass is 35.5. The number of aryl methyl sites for hydroxylation is 1. The first-order valence-electron chi connectivity index (χ1n) is 11.1. The number of rotatable bonds is 4. The Balaban J connectivity index is 1.76. The molecule has 3 aromatic carbocycles. The number of benzene rings is 3. The molecule has 2 amide bonds. The number of aromatic nitrogens is 2. The molecule has 35 heavy (non-hydrogen) atoms. The molecule has 2 atom stereocenters. The minimum atomic E-state index is -1.01. The molecular weight excluding hydrogens is 481 g/mol. The van der Waals surface area contributed by atoms with Crippen molar-refractivity contribution in [3.63, 3.8) is 0 Å². The quantitative estimate of drug-likeness (QED) is 0.394. The summed E-state index contributed by atoms with van der Waals surface area (Å²) < 4.78 is 1.92. The van der Waals surface area contributed by atoms with Crippen molar-refractivity contribution in [1.82, 2.24) is 14.5 Å². The minimum Gasteiger partial charge on any atom is -0.336 e. The van der Waals surface area contributed by atoms with Gasteiger partial charge in [0.25, 0.3) is 0 Å². The summed E-state index contributed by atoms with van der Waals surface area (Å²) in [4.78, 5) is 20.8. The first-order chi connectivity index (χ1) is 16.7. The standard InChI is InChI=1S/C27H25Cl2N5O/c1-32-16-31-15-24(32)27(30,18-7-10-20(28)11-8-18)19-9-12-23-22(14-19)25(34(3)26(35)33(23)2)17-5-4-6-21(29)13-17/h4-16,25H,30H2,1-3H3. The number of urea groups is 1. The minimum absolute atomic E-state index is 0.0985. The van der Waals surface area contributed by atoms with Gasteiger partial charge < -0.3 is 15.2 Å². The van der Waals surface area contributed by atoms with Crippen LogP contribution in [0, 0.1) is 0 Å². The summed E-state index contributed by atoms with van der Waals surface area (Å²) in [5.41, 5.74) is 11.5. The molecule has 0 aliphatic carbocycles. The molecule has 1 aliphatic rings. The molecule has 1 aromatic heterocycles. The van der Waals surface area contributed by atoms with Gasteiger partial charge in [-0.25, -0.2) is 9.78 Å². The van der Waals surface area contributed by atoms with Gasteiger partial charge in [0.2, 0.25) is 0 Å². The van der Waals surface area contributed by atoms with Crippen molar-refractivity contribution in [2.75, 3.05) is 19.0 Å². The molecule has 1 aliphatic heterocycles. The highest BCUT2D eigenvalue weighted by Gasteiger charge is 2.39. The van der Waals surface area contributed by atoms with Crippen LogP contribution in [0.2, 0.25) is 10.0 Å². The third kappa shape index (κ3) is 3.78. The molecule has 6 nitrogen and oxygen atoms in total. The van der Waals surface area contributed by atoms with Crippen LogP contribution >= 0.6 is 23.2 Å². The molecular formula is C27H25Cl2N5O. The van der Waals surface area contributed by atoms with Gasteiger partial charge in [0.05, 0.1) is 29.9 Å². The van der Waals surface area contributed by atoms with Crippen LogP contribution in [0.15, 0.2) is 79.3 Å². The number of imidazole rings is 1. The number of anilines is 1. The molecule has 0 saturated carbocycles. The molecule has 0 saturated heterocycles. The van der Waals surface area contributed by atoms with Crippen molar-refractivity contribution < 1.29 is 4.79 Å². The predicted octanol–water partition coefficient (Wildman–Crippen LogP) is 5.57. The second-order valence-electron chi connectivity index (χ2n) is 8.89. The van der Waals surface area contributed by atoms with E-state index in [1.54, 1.807) is 36.4 Å². The molecule has 2 heterocycles. The largest absolute Gasteiger partial charge is 0.336 e. The summed E-state index contributed by atoms with van der Waals surface area (Å²) in [7, 11) is 5.50. The number of carbonyl (C=O) groups excluding carboxylic acids is 1. The topological polar surface area (TPSA) is 67.4 Å². The fourth-order valence-corrected chi connectivity index (χ4v) is 5.30. The summed E-state index contributed by atoms with van der Waals surface area (Å²) in [6.07, 6.45) is 3.52. The van der Waals surface area contributed by atoms with Crippen molar-refractivity contribution in [1.29, 1.82) is 0 Å². The SMILES string of the molecule is CN1C(=O)N(C)C(c2cccc(Cl)c2)c2cc(C(N)(c3ccc(Cl)cc3)c3cncn3C)ccc21. The molecule has 0 radical (unpaired) electrons. The average molecular weight is 506 g/mol. The zero-order valence-electron chi connectivity index (χ0n) is 19.6. The Bertz CT molecular complexity index is 1420. The third-order valence-corrected chi connectivity index (χ3v) is 7.29. The van der Waals surface area contributed by atoms with Gasteiger partial charge in [-0.3, -0.25) is 4.90 Å². The lowest BCUT2D eigenvalue weighted by Crippen LogP contribution is -2.46. The van der Waals surface area contributed by atoms with Crippen molar-refractivity contribution in [2.24, 2.45) is 12.8 Å². The van der Waals surface area contributed by atoms with E-state index in [9.17, 15) is 4.79 Å². The van der Waals surface area contributed by atoms with E-state index < -0.39 is 5.54 Å². The Morgan fingerprint density at radius 3 is 2.29 bits per heavy atom. The fraction of sp³-hybridized carbons (Fsp3) is 0.185. The molecule has 0 fully saturated rings. The van der Waals surface area contributed by atoms with Crippen LogP contribution in [-0.4, -0.2) is 34.6 Å². The van der Waals surface area contributed by atoms with Gasteiger partial charge in [0, 0.05) is 36.8 Å². The Labute approximate surface area is 214 Å². The van der Waals surface area contributed by atoms with Gasteiger partial charge >= 0.3 is 6.03 Å². The molecule has 8 heteroatoms. The molecule has 178 valence electrons. The van der Waals surface area contributed by atoms with Gasteiger partial charge in [0.1, 0.15) is 5.54 Å². The van der Waals surface area contributed by atoms with Crippen LogP contribution in [-0.2, 0) is 12.6 Å². The Morgan fingerprint density at radius 1 is 0.914 bits per heavy atom. The first kappa shape index (κ1) is 23.4. The van der Waals surface area contributed by atoms with Gasteiger partial charge in [-0.15, -0.1) is 0 Å². The zero-order valence-corrected chi connectivity index (χ0v) is 21.1. The molecule has 0 bridgehead atoms. The molecule has 5 rings (SSSR count). The predicted molar refractivity (Wildman–Crippen MR) is 140 cm³/mol. The zero-order chi connectivity index (χ0) is 24.9. The van der Waals surface area contributed by atoms with E-state index in [2.05, 4.69) is 11.1 Å². The maximum atomic E-state index is 13.1. The van der Waals surface area contributed by atoms with Crippen LogP contribution in [0.25, 0.3) is 0 Å². The summed E-state index contributed by atoms with van der Waals surface area (Å²) >= 11 is 12.5. The van der Waals surface area contributed by atoms with Crippen molar-refractivity contribution in [3.8, 4) is 0 Å². The van der Waals surface area contributed by atoms with Crippen LogP contribution in [0.3, 0.4) is 0 Å². The second-order valence-corrected chi connectivity index (χ2v) is 9.76. The Kier molecular flexibility index (Phi) is 5.83. The number of nitrogens with two attached hydrogens (primary N) is 1. The average Bonchev–Trinajstić information content (AvgIpc) is 3.29. The molecule has 2 N–H and O–H groups in total. The molecule has 4 aromatic rings. The molecule has 0 spiro atoms.